The van der Waals surface area contributed by atoms with Gasteiger partial charge in [0.2, 0.25) is 0 Å². The minimum absolute atomic E-state index is 1.06. The van der Waals surface area contributed by atoms with Crippen LogP contribution >= 0.6 is 0 Å². The quantitative estimate of drug-likeness (QED) is 0.660. The van der Waals surface area contributed by atoms with Gasteiger partial charge in [-0.2, -0.15) is 0 Å². The van der Waals surface area contributed by atoms with Gasteiger partial charge in [-0.15, -0.1) is 0 Å². The summed E-state index contributed by atoms with van der Waals surface area (Å²) in [5, 5.41) is 0. The number of aryl methyl sites for hydroxylation is 2. The van der Waals surface area contributed by atoms with E-state index in [0.717, 1.165) is 11.3 Å². The lowest BCUT2D eigenvalue weighted by atomic mass is 10.1. The first kappa shape index (κ1) is 8.95. The minimum atomic E-state index is 1.06. The van der Waals surface area contributed by atoms with E-state index in [9.17, 15) is 0 Å². The Hall–Kier alpha value is -1.63. The van der Waals surface area contributed by atoms with Crippen LogP contribution in [0.15, 0.2) is 36.5 Å². The Morgan fingerprint density at radius 2 is 1.86 bits per heavy atom. The molecular weight excluding hydrogens is 170 g/mol. The van der Waals surface area contributed by atoms with Crippen LogP contribution in [0.3, 0.4) is 0 Å². The Balaban J connectivity index is 2.53. The summed E-state index contributed by atoms with van der Waals surface area (Å²) in [5.41, 5.74) is 4.63. The Bertz CT molecular complexity index is 432. The average molecular weight is 182 g/mol. The summed E-state index contributed by atoms with van der Waals surface area (Å²) in [4.78, 5) is 4.43. The van der Waals surface area contributed by atoms with Gasteiger partial charge in [-0.1, -0.05) is 30.3 Å². The van der Waals surface area contributed by atoms with Crippen molar-refractivity contribution in [3.63, 3.8) is 0 Å². The number of hydrogen-bond donors (Lipinski definition) is 0. The van der Waals surface area contributed by atoms with E-state index in [4.69, 9.17) is 0 Å². The predicted molar refractivity (Wildman–Crippen MR) is 58.0 cm³/mol. The third kappa shape index (κ3) is 1.67. The van der Waals surface area contributed by atoms with Crippen molar-refractivity contribution in [3.05, 3.63) is 53.7 Å². The van der Waals surface area contributed by atoms with Crippen LogP contribution in [0.4, 0.5) is 0 Å². The highest BCUT2D eigenvalue weighted by molar-refractivity contribution is 5.62. The number of pyridine rings is 1. The maximum Gasteiger partial charge on any atom is 0.0731 e. The molecule has 0 aliphatic carbocycles. The lowest BCUT2D eigenvalue weighted by molar-refractivity contribution is 1.22. The SMILES string of the molecule is Cc1cnc(-c2cc[c]cc2)c(C)c1. The van der Waals surface area contributed by atoms with E-state index in [1.54, 1.807) is 0 Å². The highest BCUT2D eigenvalue weighted by atomic mass is 14.7. The second-order valence-corrected chi connectivity index (χ2v) is 3.47. The Morgan fingerprint density at radius 1 is 1.14 bits per heavy atom. The standard InChI is InChI=1S/C13H12N/c1-10-8-11(2)13(14-9-10)12-6-4-3-5-7-12/h4-9H,1-2H3. The molecule has 1 heterocycles. The summed E-state index contributed by atoms with van der Waals surface area (Å²) in [7, 11) is 0. The lowest BCUT2D eigenvalue weighted by Crippen LogP contribution is -1.88. The summed E-state index contributed by atoms with van der Waals surface area (Å²) in [5.74, 6) is 0. The highest BCUT2D eigenvalue weighted by Crippen LogP contribution is 2.20. The van der Waals surface area contributed by atoms with E-state index < -0.39 is 0 Å². The Kier molecular flexibility index (Phi) is 2.32. The minimum Gasteiger partial charge on any atom is -0.256 e. The molecule has 14 heavy (non-hydrogen) atoms. The van der Waals surface area contributed by atoms with Crippen molar-refractivity contribution in [2.75, 3.05) is 0 Å². The van der Waals surface area contributed by atoms with Gasteiger partial charge in [0.25, 0.3) is 0 Å². The van der Waals surface area contributed by atoms with Gasteiger partial charge in [0.05, 0.1) is 5.69 Å². The molecule has 0 amide bonds. The zero-order chi connectivity index (χ0) is 9.97. The topological polar surface area (TPSA) is 12.9 Å². The number of nitrogens with zero attached hydrogens (tertiary/aromatic N) is 1. The van der Waals surface area contributed by atoms with Gasteiger partial charge in [-0.25, -0.2) is 0 Å². The second-order valence-electron chi connectivity index (χ2n) is 3.47. The molecule has 1 aromatic carbocycles. The van der Waals surface area contributed by atoms with Gasteiger partial charge in [-0.05, 0) is 31.0 Å². The normalized spacial score (nSPS) is 10.1. The molecule has 0 spiro atoms. The summed E-state index contributed by atoms with van der Waals surface area (Å²) in [6.07, 6.45) is 1.90. The van der Waals surface area contributed by atoms with Crippen LogP contribution in [0.2, 0.25) is 0 Å². The first-order valence-electron chi connectivity index (χ1n) is 4.67. The molecule has 1 radical (unpaired) electrons. The van der Waals surface area contributed by atoms with Crippen molar-refractivity contribution in [2.45, 2.75) is 13.8 Å². The van der Waals surface area contributed by atoms with Gasteiger partial charge in [-0.3, -0.25) is 4.98 Å². The molecule has 0 atom stereocenters. The molecular formula is C13H12N. The fourth-order valence-electron chi connectivity index (χ4n) is 1.56. The molecule has 0 saturated carbocycles. The van der Waals surface area contributed by atoms with E-state index in [2.05, 4.69) is 31.0 Å². The molecule has 0 aliphatic heterocycles. The maximum atomic E-state index is 4.43. The molecule has 1 heteroatoms. The molecule has 0 bridgehead atoms. The van der Waals surface area contributed by atoms with Crippen LogP contribution in [-0.4, -0.2) is 4.98 Å². The van der Waals surface area contributed by atoms with Crippen molar-refractivity contribution in [1.29, 1.82) is 0 Å². The van der Waals surface area contributed by atoms with Crippen molar-refractivity contribution in [1.82, 2.24) is 4.98 Å². The zero-order valence-corrected chi connectivity index (χ0v) is 8.41. The summed E-state index contributed by atoms with van der Waals surface area (Å²) in [6.45, 7) is 4.15. The van der Waals surface area contributed by atoms with Crippen LogP contribution in [0, 0.1) is 19.9 Å². The fraction of sp³-hybridized carbons (Fsp3) is 0.154. The van der Waals surface area contributed by atoms with Gasteiger partial charge < -0.3 is 0 Å². The van der Waals surface area contributed by atoms with Gasteiger partial charge >= 0.3 is 0 Å². The molecule has 1 nitrogen and oxygen atoms in total. The average Bonchev–Trinajstić information content (AvgIpc) is 2.19. The molecule has 0 aliphatic rings. The Labute approximate surface area is 84.4 Å². The third-order valence-electron chi connectivity index (χ3n) is 2.21. The molecule has 0 N–H and O–H groups in total. The summed E-state index contributed by atoms with van der Waals surface area (Å²) in [6, 6.07) is 13.0. The van der Waals surface area contributed by atoms with Crippen LogP contribution in [0.5, 0.6) is 0 Å². The first-order valence-corrected chi connectivity index (χ1v) is 4.67. The van der Waals surface area contributed by atoms with Crippen LogP contribution in [0.25, 0.3) is 11.3 Å². The van der Waals surface area contributed by atoms with E-state index in [1.807, 2.05) is 30.5 Å². The van der Waals surface area contributed by atoms with E-state index >= 15 is 0 Å². The largest absolute Gasteiger partial charge is 0.256 e. The van der Waals surface area contributed by atoms with Crippen molar-refractivity contribution >= 4 is 0 Å². The van der Waals surface area contributed by atoms with E-state index in [1.165, 1.54) is 11.1 Å². The summed E-state index contributed by atoms with van der Waals surface area (Å²) < 4.78 is 0. The molecule has 2 rings (SSSR count). The molecule has 0 fully saturated rings. The highest BCUT2D eigenvalue weighted by Gasteiger charge is 2.01. The molecule has 69 valence electrons. The van der Waals surface area contributed by atoms with E-state index in [0.29, 0.717) is 0 Å². The molecule has 2 aromatic rings. The number of aromatic nitrogens is 1. The number of hydrogen-bond acceptors (Lipinski definition) is 1. The van der Waals surface area contributed by atoms with Gasteiger partial charge in [0.1, 0.15) is 0 Å². The number of rotatable bonds is 1. The Morgan fingerprint density at radius 3 is 2.50 bits per heavy atom. The zero-order valence-electron chi connectivity index (χ0n) is 8.41. The van der Waals surface area contributed by atoms with Crippen LogP contribution in [-0.2, 0) is 0 Å². The van der Waals surface area contributed by atoms with E-state index in [-0.39, 0.29) is 0 Å². The number of benzene rings is 1. The summed E-state index contributed by atoms with van der Waals surface area (Å²) >= 11 is 0. The molecule has 0 unspecified atom stereocenters. The predicted octanol–water partition coefficient (Wildman–Crippen LogP) is 3.17. The van der Waals surface area contributed by atoms with Crippen molar-refractivity contribution in [3.8, 4) is 11.3 Å². The van der Waals surface area contributed by atoms with Gasteiger partial charge in [0.15, 0.2) is 0 Å². The molecule has 1 aromatic heterocycles. The van der Waals surface area contributed by atoms with Gasteiger partial charge in [0, 0.05) is 11.8 Å². The molecule has 0 saturated heterocycles. The third-order valence-corrected chi connectivity index (χ3v) is 2.21. The smallest absolute Gasteiger partial charge is 0.0731 e. The first-order chi connectivity index (χ1) is 6.77. The monoisotopic (exact) mass is 182 g/mol. The van der Waals surface area contributed by atoms with Crippen molar-refractivity contribution in [2.24, 2.45) is 0 Å². The fourth-order valence-corrected chi connectivity index (χ4v) is 1.56. The van der Waals surface area contributed by atoms with Crippen molar-refractivity contribution < 1.29 is 0 Å². The second kappa shape index (κ2) is 3.62. The maximum absolute atomic E-state index is 4.43. The van der Waals surface area contributed by atoms with Crippen LogP contribution < -0.4 is 0 Å². The lowest BCUT2D eigenvalue weighted by Gasteiger charge is -2.04. The van der Waals surface area contributed by atoms with Crippen LogP contribution in [0.1, 0.15) is 11.1 Å².